The van der Waals surface area contributed by atoms with Crippen molar-refractivity contribution in [1.29, 1.82) is 0 Å². The molecule has 2 unspecified atom stereocenters. The van der Waals surface area contributed by atoms with E-state index in [1.54, 1.807) is 0 Å². The average molecular weight is 244 g/mol. The van der Waals surface area contributed by atoms with Crippen LogP contribution in [-0.2, 0) is 0 Å². The molecule has 0 amide bonds. The molecule has 1 aromatic carbocycles. The van der Waals surface area contributed by atoms with Crippen LogP contribution in [0.4, 0.5) is 0 Å². The van der Waals surface area contributed by atoms with E-state index in [0.29, 0.717) is 0 Å². The monoisotopic (exact) mass is 243 g/mol. The van der Waals surface area contributed by atoms with Gasteiger partial charge in [0.15, 0.2) is 0 Å². The first kappa shape index (κ1) is 10.7. The van der Waals surface area contributed by atoms with Gasteiger partial charge in [-0.15, -0.1) is 0 Å². The van der Waals surface area contributed by atoms with Gasteiger partial charge in [0.25, 0.3) is 0 Å². The van der Waals surface area contributed by atoms with Crippen molar-refractivity contribution < 1.29 is 5.11 Å². The molecule has 0 aliphatic rings. The number of nitrogens with two attached hydrogens (primary N) is 1. The molecule has 2 nitrogen and oxygen atoms in total. The van der Waals surface area contributed by atoms with E-state index in [-0.39, 0.29) is 18.6 Å². The topological polar surface area (TPSA) is 46.2 Å². The molecule has 0 aliphatic carbocycles. The van der Waals surface area contributed by atoms with Crippen molar-refractivity contribution in [3.63, 3.8) is 0 Å². The summed E-state index contributed by atoms with van der Waals surface area (Å²) in [5.74, 6) is 0.193. The van der Waals surface area contributed by atoms with Gasteiger partial charge in [0, 0.05) is 10.5 Å². The van der Waals surface area contributed by atoms with Gasteiger partial charge >= 0.3 is 0 Å². The minimum Gasteiger partial charge on any atom is -0.395 e. The van der Waals surface area contributed by atoms with E-state index in [2.05, 4.69) is 15.9 Å². The van der Waals surface area contributed by atoms with Crippen molar-refractivity contribution in [3.05, 3.63) is 34.3 Å². The van der Waals surface area contributed by atoms with Gasteiger partial charge in [0.2, 0.25) is 0 Å². The minimum absolute atomic E-state index is 0.0250. The summed E-state index contributed by atoms with van der Waals surface area (Å²) in [5, 5.41) is 8.89. The zero-order valence-electron chi connectivity index (χ0n) is 7.57. The smallest absolute Gasteiger partial charge is 0.0588 e. The zero-order valence-corrected chi connectivity index (χ0v) is 9.16. The van der Waals surface area contributed by atoms with E-state index in [1.165, 1.54) is 0 Å². The molecule has 1 aromatic rings. The molecule has 0 fully saturated rings. The molecule has 0 saturated heterocycles. The molecule has 0 aliphatic heterocycles. The highest BCUT2D eigenvalue weighted by molar-refractivity contribution is 9.10. The van der Waals surface area contributed by atoms with E-state index >= 15 is 0 Å². The van der Waals surface area contributed by atoms with Crippen molar-refractivity contribution in [2.24, 2.45) is 5.73 Å². The summed E-state index contributed by atoms with van der Waals surface area (Å²) in [6.07, 6.45) is 0. The number of hydrogen-bond donors (Lipinski definition) is 2. The van der Waals surface area contributed by atoms with Crippen LogP contribution in [0.2, 0.25) is 0 Å². The van der Waals surface area contributed by atoms with E-state index in [9.17, 15) is 0 Å². The van der Waals surface area contributed by atoms with Crippen LogP contribution < -0.4 is 5.73 Å². The van der Waals surface area contributed by atoms with Gasteiger partial charge in [-0.05, 0) is 23.6 Å². The Morgan fingerprint density at radius 3 is 2.38 bits per heavy atom. The third kappa shape index (κ3) is 2.79. The molecule has 3 heteroatoms. The van der Waals surface area contributed by atoms with Crippen molar-refractivity contribution in [3.8, 4) is 0 Å². The number of rotatable bonds is 3. The highest BCUT2D eigenvalue weighted by atomic mass is 79.9. The summed E-state index contributed by atoms with van der Waals surface area (Å²) in [4.78, 5) is 0. The normalized spacial score (nSPS) is 15.4. The summed E-state index contributed by atoms with van der Waals surface area (Å²) in [6.45, 7) is 2.04. The first-order valence-electron chi connectivity index (χ1n) is 4.27. The van der Waals surface area contributed by atoms with Crippen LogP contribution in [0.5, 0.6) is 0 Å². The number of aliphatic hydroxyl groups excluding tert-OH is 1. The van der Waals surface area contributed by atoms with Crippen LogP contribution in [-0.4, -0.2) is 17.8 Å². The van der Waals surface area contributed by atoms with Gasteiger partial charge in [0.1, 0.15) is 0 Å². The number of hydrogen-bond acceptors (Lipinski definition) is 2. The summed E-state index contributed by atoms with van der Waals surface area (Å²) in [7, 11) is 0. The average Bonchev–Trinajstić information content (AvgIpc) is 2.17. The number of halogens is 1. The molecular formula is C10H14BrNO. The molecule has 0 heterocycles. The Kier molecular flexibility index (Phi) is 3.90. The number of benzene rings is 1. The third-order valence-corrected chi connectivity index (χ3v) is 2.78. The van der Waals surface area contributed by atoms with Crippen LogP contribution in [0.15, 0.2) is 28.7 Å². The minimum atomic E-state index is -0.179. The molecule has 3 N–H and O–H groups in total. The summed E-state index contributed by atoms with van der Waals surface area (Å²) < 4.78 is 1.06. The highest BCUT2D eigenvalue weighted by Crippen LogP contribution is 2.20. The maximum Gasteiger partial charge on any atom is 0.0588 e. The Labute approximate surface area is 86.9 Å². The first-order valence-corrected chi connectivity index (χ1v) is 5.06. The van der Waals surface area contributed by atoms with Gasteiger partial charge in [-0.3, -0.25) is 0 Å². The van der Waals surface area contributed by atoms with Crippen LogP contribution in [0.3, 0.4) is 0 Å². The molecule has 0 spiro atoms. The fourth-order valence-electron chi connectivity index (χ4n) is 1.17. The predicted octanol–water partition coefficient (Wildman–Crippen LogP) is 1.87. The van der Waals surface area contributed by atoms with E-state index in [1.807, 2.05) is 31.2 Å². The second kappa shape index (κ2) is 4.74. The maximum absolute atomic E-state index is 8.89. The summed E-state index contributed by atoms with van der Waals surface area (Å²) in [6, 6.07) is 7.82. The van der Waals surface area contributed by atoms with E-state index in [4.69, 9.17) is 10.8 Å². The third-order valence-electron chi connectivity index (χ3n) is 2.25. The quantitative estimate of drug-likeness (QED) is 0.852. The summed E-state index contributed by atoms with van der Waals surface area (Å²) >= 11 is 3.37. The van der Waals surface area contributed by atoms with Gasteiger partial charge in [0.05, 0.1) is 6.61 Å². The number of aliphatic hydroxyl groups is 1. The van der Waals surface area contributed by atoms with Gasteiger partial charge in [-0.2, -0.15) is 0 Å². The highest BCUT2D eigenvalue weighted by Gasteiger charge is 2.12. The lowest BCUT2D eigenvalue weighted by molar-refractivity contribution is 0.252. The second-order valence-electron chi connectivity index (χ2n) is 3.19. The first-order chi connectivity index (χ1) is 6.15. The van der Waals surface area contributed by atoms with Gasteiger partial charge < -0.3 is 10.8 Å². The zero-order chi connectivity index (χ0) is 9.84. The van der Waals surface area contributed by atoms with Crippen LogP contribution >= 0.6 is 15.9 Å². The van der Waals surface area contributed by atoms with Crippen molar-refractivity contribution >= 4 is 15.9 Å². The van der Waals surface area contributed by atoms with Crippen LogP contribution in [0.1, 0.15) is 18.4 Å². The Morgan fingerprint density at radius 1 is 1.38 bits per heavy atom. The van der Waals surface area contributed by atoms with Crippen molar-refractivity contribution in [2.75, 3.05) is 6.61 Å². The molecule has 2 atom stereocenters. The van der Waals surface area contributed by atoms with Crippen molar-refractivity contribution in [1.82, 2.24) is 0 Å². The lowest BCUT2D eigenvalue weighted by Crippen LogP contribution is -2.30. The second-order valence-corrected chi connectivity index (χ2v) is 4.10. The van der Waals surface area contributed by atoms with E-state index in [0.717, 1.165) is 10.0 Å². The Balaban J connectivity index is 2.77. The molecular weight excluding hydrogens is 230 g/mol. The SMILES string of the molecule is CC(c1ccc(Br)cc1)C(N)CO. The maximum atomic E-state index is 8.89. The fourth-order valence-corrected chi connectivity index (χ4v) is 1.44. The lowest BCUT2D eigenvalue weighted by atomic mass is 9.94. The fraction of sp³-hybridized carbons (Fsp3) is 0.400. The largest absolute Gasteiger partial charge is 0.395 e. The molecule has 1 rings (SSSR count). The van der Waals surface area contributed by atoms with Crippen molar-refractivity contribution in [2.45, 2.75) is 18.9 Å². The Hall–Kier alpha value is -0.380. The Bertz CT molecular complexity index is 260. The van der Waals surface area contributed by atoms with Crippen LogP contribution in [0, 0.1) is 0 Å². The van der Waals surface area contributed by atoms with Gasteiger partial charge in [-0.25, -0.2) is 0 Å². The molecule has 0 aromatic heterocycles. The van der Waals surface area contributed by atoms with Gasteiger partial charge in [-0.1, -0.05) is 35.0 Å². The molecule has 13 heavy (non-hydrogen) atoms. The summed E-state index contributed by atoms with van der Waals surface area (Å²) in [5.41, 5.74) is 6.88. The molecule has 0 saturated carbocycles. The van der Waals surface area contributed by atoms with Crippen LogP contribution in [0.25, 0.3) is 0 Å². The molecule has 0 radical (unpaired) electrons. The lowest BCUT2D eigenvalue weighted by Gasteiger charge is -2.17. The Morgan fingerprint density at radius 2 is 1.92 bits per heavy atom. The predicted molar refractivity (Wildman–Crippen MR) is 57.6 cm³/mol. The molecule has 72 valence electrons. The molecule has 0 bridgehead atoms. The van der Waals surface area contributed by atoms with E-state index < -0.39 is 0 Å². The standard InChI is InChI=1S/C10H14BrNO/c1-7(10(12)6-13)8-2-4-9(11)5-3-8/h2-5,7,10,13H,6,12H2,1H3.